The Balaban J connectivity index is 1.24. The van der Waals surface area contributed by atoms with Gasteiger partial charge in [0, 0.05) is 28.7 Å². The third-order valence-corrected chi connectivity index (χ3v) is 10.8. The fourth-order valence-electron chi connectivity index (χ4n) is 8.63. The van der Waals surface area contributed by atoms with Crippen molar-refractivity contribution in [3.63, 3.8) is 0 Å². The van der Waals surface area contributed by atoms with Gasteiger partial charge in [0.1, 0.15) is 0 Å². The van der Waals surface area contributed by atoms with E-state index in [4.69, 9.17) is 0 Å². The number of hydrogen-bond acceptors (Lipinski definition) is 1. The molecule has 2 heteroatoms. The van der Waals surface area contributed by atoms with E-state index in [-0.39, 0.29) is 5.41 Å². The molecule has 1 heterocycles. The summed E-state index contributed by atoms with van der Waals surface area (Å²) in [7, 11) is 0. The van der Waals surface area contributed by atoms with Gasteiger partial charge in [-0.05, 0) is 95.8 Å². The zero-order valence-electron chi connectivity index (χ0n) is 29.6. The normalized spacial score (nSPS) is 15.3. The Labute approximate surface area is 306 Å². The van der Waals surface area contributed by atoms with Crippen LogP contribution in [0, 0.1) is 0 Å². The summed E-state index contributed by atoms with van der Waals surface area (Å²) < 4.78 is 2.40. The molecule has 1 aromatic heterocycles. The van der Waals surface area contributed by atoms with Crippen LogP contribution in [-0.4, -0.2) is 4.57 Å². The van der Waals surface area contributed by atoms with E-state index >= 15 is 0 Å². The van der Waals surface area contributed by atoms with Gasteiger partial charge in [-0.1, -0.05) is 151 Å². The lowest BCUT2D eigenvalue weighted by molar-refractivity contribution is 0.746. The molecule has 7 aromatic carbocycles. The van der Waals surface area contributed by atoms with Crippen molar-refractivity contribution in [3.8, 4) is 16.8 Å². The Kier molecular flexibility index (Phi) is 7.94. The molecule has 1 atom stereocenters. The van der Waals surface area contributed by atoms with Gasteiger partial charge >= 0.3 is 0 Å². The summed E-state index contributed by atoms with van der Waals surface area (Å²) >= 11 is 0. The first-order valence-electron chi connectivity index (χ1n) is 18.2. The first kappa shape index (κ1) is 31.6. The summed E-state index contributed by atoms with van der Waals surface area (Å²) in [5.74, 6) is 0. The maximum atomic E-state index is 2.49. The highest BCUT2D eigenvalue weighted by Gasteiger charge is 2.45. The summed E-state index contributed by atoms with van der Waals surface area (Å²) in [4.78, 5) is 2.49. The van der Waals surface area contributed by atoms with E-state index in [9.17, 15) is 0 Å². The number of aromatic nitrogens is 1. The van der Waals surface area contributed by atoms with Crippen molar-refractivity contribution >= 4 is 33.2 Å². The number of hydrogen-bond donors (Lipinski definition) is 0. The molecule has 52 heavy (non-hydrogen) atoms. The van der Waals surface area contributed by atoms with Crippen LogP contribution in [0.15, 0.2) is 200 Å². The van der Waals surface area contributed by atoms with Gasteiger partial charge in [-0.25, -0.2) is 0 Å². The molecule has 0 fully saturated rings. The van der Waals surface area contributed by atoms with Crippen molar-refractivity contribution < 1.29 is 0 Å². The molecular weight excluding hydrogens is 629 g/mol. The molecule has 9 rings (SSSR count). The van der Waals surface area contributed by atoms with Crippen molar-refractivity contribution in [1.29, 1.82) is 0 Å². The minimum absolute atomic E-state index is 0.380. The SMILES string of the molecule is C/C=C\C=C(/C)C1(c2ccccc2)c2ccccc2-c2cc(CN(c3ccccc3)c3cccc4c3c3ccccc3n4-c3ccccc3)ccc21. The molecule has 1 unspecified atom stereocenters. The summed E-state index contributed by atoms with van der Waals surface area (Å²) in [5, 5.41) is 2.50. The number of allylic oxidation sites excluding steroid dienone is 4. The minimum atomic E-state index is -0.380. The predicted octanol–water partition coefficient (Wildman–Crippen LogP) is 13.0. The molecule has 0 saturated heterocycles. The van der Waals surface area contributed by atoms with Crippen molar-refractivity contribution in [2.45, 2.75) is 25.8 Å². The van der Waals surface area contributed by atoms with Crippen LogP contribution in [0.5, 0.6) is 0 Å². The first-order chi connectivity index (χ1) is 25.7. The highest BCUT2D eigenvalue weighted by Crippen LogP contribution is 2.56. The molecule has 0 radical (unpaired) electrons. The van der Waals surface area contributed by atoms with E-state index in [1.54, 1.807) is 0 Å². The van der Waals surface area contributed by atoms with Crippen LogP contribution < -0.4 is 4.90 Å². The molecule has 0 bridgehead atoms. The highest BCUT2D eigenvalue weighted by atomic mass is 15.1. The lowest BCUT2D eigenvalue weighted by Gasteiger charge is -2.34. The number of rotatable bonds is 8. The lowest BCUT2D eigenvalue weighted by Crippen LogP contribution is -2.28. The van der Waals surface area contributed by atoms with E-state index in [0.29, 0.717) is 0 Å². The summed E-state index contributed by atoms with van der Waals surface area (Å²) in [6.07, 6.45) is 6.57. The topological polar surface area (TPSA) is 8.17 Å². The monoisotopic (exact) mass is 668 g/mol. The van der Waals surface area contributed by atoms with Gasteiger partial charge in [0.05, 0.1) is 22.1 Å². The van der Waals surface area contributed by atoms with E-state index in [1.165, 1.54) is 66.4 Å². The van der Waals surface area contributed by atoms with Crippen molar-refractivity contribution in [1.82, 2.24) is 4.57 Å². The highest BCUT2D eigenvalue weighted by molar-refractivity contribution is 6.15. The fraction of sp³-hybridized carbons (Fsp3) is 0.0800. The third-order valence-electron chi connectivity index (χ3n) is 10.8. The van der Waals surface area contributed by atoms with Gasteiger partial charge in [-0.15, -0.1) is 0 Å². The lowest BCUT2D eigenvalue weighted by atomic mass is 9.67. The van der Waals surface area contributed by atoms with Crippen LogP contribution in [0.3, 0.4) is 0 Å². The zero-order valence-corrected chi connectivity index (χ0v) is 29.6. The summed E-state index contributed by atoms with van der Waals surface area (Å²) in [5.41, 5.74) is 14.7. The third kappa shape index (κ3) is 4.94. The fourth-order valence-corrected chi connectivity index (χ4v) is 8.63. The number of anilines is 2. The van der Waals surface area contributed by atoms with Gasteiger partial charge in [0.15, 0.2) is 0 Å². The van der Waals surface area contributed by atoms with Crippen LogP contribution in [-0.2, 0) is 12.0 Å². The molecule has 1 aliphatic carbocycles. The Morgan fingerprint density at radius 2 is 1.27 bits per heavy atom. The van der Waals surface area contributed by atoms with Crippen LogP contribution in [0.1, 0.15) is 36.1 Å². The Morgan fingerprint density at radius 1 is 0.615 bits per heavy atom. The zero-order chi connectivity index (χ0) is 35.1. The Bertz CT molecular complexity index is 2610. The molecule has 0 spiro atoms. The maximum absolute atomic E-state index is 2.49. The minimum Gasteiger partial charge on any atom is -0.336 e. The van der Waals surface area contributed by atoms with Crippen molar-refractivity contribution in [2.24, 2.45) is 0 Å². The van der Waals surface area contributed by atoms with Crippen molar-refractivity contribution in [3.05, 3.63) is 222 Å². The Morgan fingerprint density at radius 3 is 2.06 bits per heavy atom. The molecule has 0 aliphatic heterocycles. The smallest absolute Gasteiger partial charge is 0.0673 e. The largest absolute Gasteiger partial charge is 0.336 e. The van der Waals surface area contributed by atoms with E-state index in [1.807, 2.05) is 0 Å². The number of fused-ring (bicyclic) bond motifs is 6. The van der Waals surface area contributed by atoms with Crippen LogP contribution in [0.25, 0.3) is 38.6 Å². The second-order valence-electron chi connectivity index (χ2n) is 13.7. The molecule has 1 aliphatic rings. The predicted molar refractivity (Wildman–Crippen MR) is 220 cm³/mol. The van der Waals surface area contributed by atoms with Crippen molar-refractivity contribution in [2.75, 3.05) is 4.90 Å². The van der Waals surface area contributed by atoms with E-state index in [0.717, 1.165) is 17.9 Å². The van der Waals surface area contributed by atoms with Gasteiger partial charge in [-0.3, -0.25) is 0 Å². The quantitative estimate of drug-likeness (QED) is 0.146. The second-order valence-corrected chi connectivity index (χ2v) is 13.7. The van der Waals surface area contributed by atoms with Crippen LogP contribution >= 0.6 is 0 Å². The van der Waals surface area contributed by atoms with E-state index in [2.05, 4.69) is 217 Å². The van der Waals surface area contributed by atoms with Gasteiger partial charge < -0.3 is 9.47 Å². The van der Waals surface area contributed by atoms with Gasteiger partial charge in [0.2, 0.25) is 0 Å². The maximum Gasteiger partial charge on any atom is 0.0673 e. The number of para-hydroxylation sites is 3. The van der Waals surface area contributed by atoms with Gasteiger partial charge in [-0.2, -0.15) is 0 Å². The number of nitrogens with zero attached hydrogens (tertiary/aromatic N) is 2. The summed E-state index contributed by atoms with van der Waals surface area (Å²) in [6, 6.07) is 64.3. The standard InChI is InChI=1S/C50H40N2/c1-3-4-19-36(2)50(38-20-8-5-9-21-38)44-28-16-14-26-41(44)43-34-37(32-33-45(43)50)35-51(39-22-10-6-11-23-39)47-30-18-31-48-49(47)42-27-15-17-29-46(42)52(48)40-24-12-7-13-25-40/h3-34H,35H2,1-2H3/b4-3-,36-19+. The summed E-state index contributed by atoms with van der Waals surface area (Å²) in [6.45, 7) is 5.09. The first-order valence-corrected chi connectivity index (χ1v) is 18.2. The molecule has 0 amide bonds. The molecule has 2 nitrogen and oxygen atoms in total. The van der Waals surface area contributed by atoms with Crippen LogP contribution in [0.2, 0.25) is 0 Å². The average Bonchev–Trinajstić information content (AvgIpc) is 3.71. The number of benzene rings is 7. The second kappa shape index (κ2) is 13.1. The molecule has 0 N–H and O–H groups in total. The van der Waals surface area contributed by atoms with Gasteiger partial charge in [0.25, 0.3) is 0 Å². The van der Waals surface area contributed by atoms with E-state index < -0.39 is 0 Å². The van der Waals surface area contributed by atoms with Crippen LogP contribution in [0.4, 0.5) is 11.4 Å². The Hall–Kier alpha value is -6.38. The molecule has 0 saturated carbocycles. The molecule has 250 valence electrons. The molecular formula is C50H40N2. The average molecular weight is 669 g/mol. The molecule has 8 aromatic rings.